The second-order valence-corrected chi connectivity index (χ2v) is 6.13. The van der Waals surface area contributed by atoms with Crippen LogP contribution in [0.3, 0.4) is 0 Å². The van der Waals surface area contributed by atoms with E-state index in [4.69, 9.17) is 0 Å². The first-order valence-corrected chi connectivity index (χ1v) is 7.34. The average Bonchev–Trinajstić information content (AvgIpc) is 2.77. The summed E-state index contributed by atoms with van der Waals surface area (Å²) in [5, 5.41) is 1.95. The summed E-state index contributed by atoms with van der Waals surface area (Å²) in [6.45, 7) is 0.425. The van der Waals surface area contributed by atoms with Gasteiger partial charge in [0.15, 0.2) is 0 Å². The number of urea groups is 1. The molecule has 0 spiro atoms. The Morgan fingerprint density at radius 1 is 1.39 bits per heavy atom. The molecule has 1 aromatic rings. The molecule has 0 bridgehead atoms. The van der Waals surface area contributed by atoms with Crippen molar-refractivity contribution in [2.75, 3.05) is 0 Å². The molecule has 1 heterocycles. The predicted octanol–water partition coefficient (Wildman–Crippen LogP) is 3.03. The van der Waals surface area contributed by atoms with Crippen molar-refractivity contribution in [3.63, 3.8) is 0 Å². The molecule has 4 nitrogen and oxygen atoms in total. The molecule has 3 amide bonds. The van der Waals surface area contributed by atoms with E-state index in [0.29, 0.717) is 10.8 Å². The van der Waals surface area contributed by atoms with Crippen molar-refractivity contribution in [2.24, 2.45) is 0 Å². The van der Waals surface area contributed by atoms with E-state index >= 15 is 0 Å². The van der Waals surface area contributed by atoms with Crippen LogP contribution in [0.4, 0.5) is 9.59 Å². The zero-order chi connectivity index (χ0) is 13.1. The van der Waals surface area contributed by atoms with E-state index in [1.54, 1.807) is 11.3 Å². The molecular formula is C11H14N2O2S3. The van der Waals surface area contributed by atoms with E-state index in [9.17, 15) is 9.59 Å². The number of thiol groups is 2. The van der Waals surface area contributed by atoms with Gasteiger partial charge >= 0.3 is 6.03 Å². The molecule has 1 N–H and O–H groups in total. The lowest BCUT2D eigenvalue weighted by Crippen LogP contribution is -2.34. The third kappa shape index (κ3) is 3.21. The zero-order valence-corrected chi connectivity index (χ0v) is 12.3. The van der Waals surface area contributed by atoms with Crippen LogP contribution in [0.15, 0.2) is 6.07 Å². The number of amides is 3. The number of fused-ring (bicyclic) bond motifs is 1. The number of hydrogen-bond acceptors (Lipinski definition) is 4. The number of carbonyl (C=O) groups excluding carboxylic acids is 2. The molecule has 18 heavy (non-hydrogen) atoms. The molecular weight excluding hydrogens is 288 g/mol. The highest BCUT2D eigenvalue weighted by Gasteiger charge is 2.16. The van der Waals surface area contributed by atoms with Crippen LogP contribution in [0.5, 0.6) is 0 Å². The maximum absolute atomic E-state index is 11.5. The Hall–Kier alpha value is -0.660. The summed E-state index contributed by atoms with van der Waals surface area (Å²) in [5.41, 5.74) is 1.41. The highest BCUT2D eigenvalue weighted by molar-refractivity contribution is 7.98. The van der Waals surface area contributed by atoms with Crippen LogP contribution < -0.4 is 5.32 Å². The van der Waals surface area contributed by atoms with Crippen LogP contribution in [-0.4, -0.2) is 15.6 Å². The minimum Gasteiger partial charge on any atom is -0.332 e. The van der Waals surface area contributed by atoms with Crippen LogP contribution in [0.2, 0.25) is 0 Å². The molecule has 1 aliphatic rings. The maximum Gasteiger partial charge on any atom is 0.335 e. The predicted molar refractivity (Wildman–Crippen MR) is 78.4 cm³/mol. The molecule has 0 atom stereocenters. The molecule has 98 valence electrons. The second kappa shape index (κ2) is 5.99. The van der Waals surface area contributed by atoms with Crippen LogP contribution in [0.25, 0.3) is 0 Å². The number of imide groups is 1. The van der Waals surface area contributed by atoms with Crippen LogP contribution in [-0.2, 0) is 19.4 Å². The maximum atomic E-state index is 11.5. The Morgan fingerprint density at radius 2 is 2.11 bits per heavy atom. The first-order chi connectivity index (χ1) is 8.58. The number of hydrogen-bond donors (Lipinski definition) is 3. The molecule has 2 rings (SSSR count). The average molecular weight is 302 g/mol. The van der Waals surface area contributed by atoms with Gasteiger partial charge in [0.1, 0.15) is 0 Å². The molecule has 1 aromatic heterocycles. The summed E-state index contributed by atoms with van der Waals surface area (Å²) in [7, 11) is 0. The van der Waals surface area contributed by atoms with Gasteiger partial charge in [-0.3, -0.25) is 4.79 Å². The third-order valence-corrected chi connectivity index (χ3v) is 4.79. The molecule has 1 aliphatic carbocycles. The number of nitrogens with zero attached hydrogens (tertiary/aromatic N) is 1. The van der Waals surface area contributed by atoms with E-state index in [-0.39, 0.29) is 0 Å². The Labute approximate surface area is 121 Å². The Bertz CT molecular complexity index is 449. The SMILES string of the molecule is O=C(S)N(S)C(=O)NCc1cc2c(s1)CCCC2. The summed E-state index contributed by atoms with van der Waals surface area (Å²) < 4.78 is 0.649. The normalized spacial score (nSPS) is 13.9. The van der Waals surface area contributed by atoms with Crippen molar-refractivity contribution in [1.82, 2.24) is 9.62 Å². The van der Waals surface area contributed by atoms with E-state index < -0.39 is 11.3 Å². The lowest BCUT2D eigenvalue weighted by molar-refractivity contribution is 0.222. The fraction of sp³-hybridized carbons (Fsp3) is 0.455. The van der Waals surface area contributed by atoms with Gasteiger partial charge in [-0.2, -0.15) is 4.31 Å². The molecule has 7 heteroatoms. The van der Waals surface area contributed by atoms with Gasteiger partial charge in [0, 0.05) is 9.75 Å². The number of aryl methyl sites for hydroxylation is 2. The molecule has 0 radical (unpaired) electrons. The molecule has 0 unspecified atom stereocenters. The van der Waals surface area contributed by atoms with Gasteiger partial charge in [-0.05, 0) is 37.3 Å². The zero-order valence-electron chi connectivity index (χ0n) is 9.68. The van der Waals surface area contributed by atoms with Gasteiger partial charge in [0.2, 0.25) is 0 Å². The summed E-state index contributed by atoms with van der Waals surface area (Å²) in [6.07, 6.45) is 4.77. The number of carbonyl (C=O) groups is 2. The molecule has 0 fully saturated rings. The van der Waals surface area contributed by atoms with Gasteiger partial charge in [0.25, 0.3) is 5.24 Å². The van der Waals surface area contributed by atoms with Gasteiger partial charge in [-0.1, -0.05) is 25.4 Å². The fourth-order valence-corrected chi connectivity index (χ4v) is 3.33. The highest BCUT2D eigenvalue weighted by atomic mass is 32.1. The van der Waals surface area contributed by atoms with Crippen molar-refractivity contribution in [1.29, 1.82) is 0 Å². The molecule has 0 saturated heterocycles. The van der Waals surface area contributed by atoms with Crippen LogP contribution in [0.1, 0.15) is 28.2 Å². The van der Waals surface area contributed by atoms with Crippen molar-refractivity contribution in [3.05, 3.63) is 21.4 Å². The van der Waals surface area contributed by atoms with Crippen molar-refractivity contribution in [3.8, 4) is 0 Å². The molecule has 0 aromatic carbocycles. The van der Waals surface area contributed by atoms with Crippen molar-refractivity contribution < 1.29 is 9.59 Å². The van der Waals surface area contributed by atoms with Crippen LogP contribution in [0, 0.1) is 0 Å². The largest absolute Gasteiger partial charge is 0.335 e. The Kier molecular flexibility index (Phi) is 4.58. The van der Waals surface area contributed by atoms with E-state index in [1.807, 2.05) is 0 Å². The summed E-state index contributed by atoms with van der Waals surface area (Å²) in [5.74, 6) is 0. The molecule has 0 saturated carbocycles. The molecule has 0 aliphatic heterocycles. The van der Waals surface area contributed by atoms with Crippen LogP contribution >= 0.6 is 36.8 Å². The minimum absolute atomic E-state index is 0.425. The third-order valence-electron chi connectivity index (χ3n) is 2.84. The minimum atomic E-state index is -0.693. The fourth-order valence-electron chi connectivity index (χ4n) is 1.96. The summed E-state index contributed by atoms with van der Waals surface area (Å²) in [4.78, 5) is 24.8. The number of rotatable bonds is 2. The van der Waals surface area contributed by atoms with Gasteiger partial charge in [-0.15, -0.1) is 11.3 Å². The topological polar surface area (TPSA) is 49.4 Å². The lowest BCUT2D eigenvalue weighted by atomic mass is 9.99. The standard InChI is InChI=1S/C11H14N2O2S3/c14-10(13(17)11(15)16)12-6-8-5-7-3-1-2-4-9(7)18-8/h5,17H,1-4,6H2,(H,12,14)(H,15,16). The van der Waals surface area contributed by atoms with Gasteiger partial charge < -0.3 is 5.32 Å². The first kappa shape index (κ1) is 13.8. The summed E-state index contributed by atoms with van der Waals surface area (Å²) >= 11 is 9.00. The highest BCUT2D eigenvalue weighted by Crippen LogP contribution is 2.29. The summed E-state index contributed by atoms with van der Waals surface area (Å²) in [6, 6.07) is 1.59. The second-order valence-electron chi connectivity index (χ2n) is 4.12. The quantitative estimate of drug-likeness (QED) is 0.736. The number of nitrogens with one attached hydrogen (secondary N) is 1. The van der Waals surface area contributed by atoms with E-state index in [1.165, 1.54) is 23.3 Å². The van der Waals surface area contributed by atoms with Gasteiger partial charge in [-0.25, -0.2) is 4.79 Å². The first-order valence-electron chi connectivity index (χ1n) is 5.68. The lowest BCUT2D eigenvalue weighted by Gasteiger charge is -2.10. The van der Waals surface area contributed by atoms with Gasteiger partial charge in [0.05, 0.1) is 6.54 Å². The van der Waals surface area contributed by atoms with Crippen molar-refractivity contribution >= 4 is 48.1 Å². The Morgan fingerprint density at radius 3 is 2.78 bits per heavy atom. The van der Waals surface area contributed by atoms with E-state index in [0.717, 1.165) is 17.7 Å². The van der Waals surface area contributed by atoms with Crippen molar-refractivity contribution in [2.45, 2.75) is 32.2 Å². The number of thiophene rings is 1. The smallest absolute Gasteiger partial charge is 0.332 e. The van der Waals surface area contributed by atoms with E-state index in [2.05, 4.69) is 36.8 Å². The Balaban J connectivity index is 1.92. The monoisotopic (exact) mass is 302 g/mol.